The van der Waals surface area contributed by atoms with Crippen LogP contribution in [0.1, 0.15) is 6.92 Å². The lowest BCUT2D eigenvalue weighted by molar-refractivity contribution is -0.137. The highest BCUT2D eigenvalue weighted by Gasteiger charge is 2.12. The van der Waals surface area contributed by atoms with Gasteiger partial charge in [-0.2, -0.15) is 0 Å². The quantitative estimate of drug-likeness (QED) is 0.752. The number of rotatable bonds is 3. The number of hydrogen-bond acceptors (Lipinski definition) is 3. The number of nitrogens with one attached hydrogen (secondary N) is 1. The van der Waals surface area contributed by atoms with Crippen molar-refractivity contribution in [3.63, 3.8) is 0 Å². The Hall–Kier alpha value is -2.49. The number of anilines is 1. The van der Waals surface area contributed by atoms with E-state index >= 15 is 0 Å². The van der Waals surface area contributed by atoms with Crippen LogP contribution in [0.4, 0.5) is 5.69 Å². The summed E-state index contributed by atoms with van der Waals surface area (Å²) < 4.78 is 5.72. The predicted molar refractivity (Wildman–Crippen MR) is 74.4 cm³/mol. The molecule has 0 aliphatic rings. The lowest BCUT2D eigenvalue weighted by Gasteiger charge is -2.10. The van der Waals surface area contributed by atoms with E-state index in [2.05, 4.69) is 5.32 Å². The standard InChI is InChI=1S/C15H13NO3/c1-9(15(17)18)16-10-6-7-14-12(8-10)11-4-2-3-5-13(11)19-14/h2-9,16H,1H3,(H,17,18). The number of carbonyl (C=O) groups is 1. The highest BCUT2D eigenvalue weighted by molar-refractivity contribution is 6.06. The lowest BCUT2D eigenvalue weighted by atomic mass is 10.1. The Morgan fingerprint density at radius 3 is 2.68 bits per heavy atom. The minimum absolute atomic E-state index is 0.629. The monoisotopic (exact) mass is 255 g/mol. The lowest BCUT2D eigenvalue weighted by Crippen LogP contribution is -2.25. The first-order valence-corrected chi connectivity index (χ1v) is 6.06. The molecule has 1 atom stereocenters. The molecular formula is C15H13NO3. The molecule has 2 N–H and O–H groups in total. The molecule has 0 bridgehead atoms. The number of benzene rings is 2. The van der Waals surface area contributed by atoms with Crippen LogP contribution >= 0.6 is 0 Å². The van der Waals surface area contributed by atoms with Crippen molar-refractivity contribution in [2.75, 3.05) is 5.32 Å². The number of hydrogen-bond donors (Lipinski definition) is 2. The van der Waals surface area contributed by atoms with Crippen molar-refractivity contribution in [2.24, 2.45) is 0 Å². The zero-order valence-corrected chi connectivity index (χ0v) is 10.4. The average Bonchev–Trinajstić information content (AvgIpc) is 2.76. The molecule has 1 heterocycles. The Morgan fingerprint density at radius 2 is 1.89 bits per heavy atom. The molecule has 19 heavy (non-hydrogen) atoms. The number of aliphatic carboxylic acids is 1. The van der Waals surface area contributed by atoms with E-state index in [0.717, 1.165) is 27.6 Å². The van der Waals surface area contributed by atoms with Gasteiger partial charge in [0.2, 0.25) is 0 Å². The Balaban J connectivity index is 2.09. The fourth-order valence-corrected chi connectivity index (χ4v) is 2.13. The second-order valence-corrected chi connectivity index (χ2v) is 4.51. The molecule has 0 aliphatic carbocycles. The highest BCUT2D eigenvalue weighted by Crippen LogP contribution is 2.30. The third kappa shape index (κ3) is 2.01. The minimum Gasteiger partial charge on any atom is -0.480 e. The van der Waals surface area contributed by atoms with Gasteiger partial charge < -0.3 is 14.8 Å². The van der Waals surface area contributed by atoms with Gasteiger partial charge in [0.25, 0.3) is 0 Å². The summed E-state index contributed by atoms with van der Waals surface area (Å²) in [5.74, 6) is -0.878. The molecular weight excluding hydrogens is 242 g/mol. The topological polar surface area (TPSA) is 62.5 Å². The van der Waals surface area contributed by atoms with Crippen LogP contribution in [0.3, 0.4) is 0 Å². The van der Waals surface area contributed by atoms with Crippen LogP contribution in [0.25, 0.3) is 21.9 Å². The van der Waals surface area contributed by atoms with Gasteiger partial charge in [0.15, 0.2) is 0 Å². The SMILES string of the molecule is CC(Nc1ccc2oc3ccccc3c2c1)C(=O)O. The summed E-state index contributed by atoms with van der Waals surface area (Å²) in [4.78, 5) is 10.8. The van der Waals surface area contributed by atoms with Crippen LogP contribution < -0.4 is 5.32 Å². The average molecular weight is 255 g/mol. The molecule has 2 aromatic carbocycles. The first-order chi connectivity index (χ1) is 9.15. The van der Waals surface area contributed by atoms with Gasteiger partial charge in [0.1, 0.15) is 17.2 Å². The van der Waals surface area contributed by atoms with Gasteiger partial charge in [-0.15, -0.1) is 0 Å². The fourth-order valence-electron chi connectivity index (χ4n) is 2.13. The zero-order chi connectivity index (χ0) is 13.4. The van der Waals surface area contributed by atoms with Gasteiger partial charge in [0, 0.05) is 16.5 Å². The molecule has 0 saturated heterocycles. The third-order valence-electron chi connectivity index (χ3n) is 3.13. The van der Waals surface area contributed by atoms with Crippen molar-refractivity contribution in [2.45, 2.75) is 13.0 Å². The van der Waals surface area contributed by atoms with Gasteiger partial charge in [-0.25, -0.2) is 0 Å². The largest absolute Gasteiger partial charge is 0.480 e. The maximum atomic E-state index is 10.8. The number of para-hydroxylation sites is 1. The highest BCUT2D eigenvalue weighted by atomic mass is 16.4. The van der Waals surface area contributed by atoms with Crippen molar-refractivity contribution in [3.05, 3.63) is 42.5 Å². The summed E-state index contributed by atoms with van der Waals surface area (Å²) in [7, 11) is 0. The van der Waals surface area contributed by atoms with Gasteiger partial charge in [0.05, 0.1) is 0 Å². The van der Waals surface area contributed by atoms with Crippen molar-refractivity contribution in [1.82, 2.24) is 0 Å². The second kappa shape index (κ2) is 4.31. The third-order valence-corrected chi connectivity index (χ3v) is 3.13. The molecule has 3 aromatic rings. The van der Waals surface area contributed by atoms with E-state index in [0.29, 0.717) is 0 Å². The summed E-state index contributed by atoms with van der Waals surface area (Å²) in [6.45, 7) is 1.61. The minimum atomic E-state index is -0.878. The van der Waals surface area contributed by atoms with Crippen LogP contribution in [-0.2, 0) is 4.79 Å². The van der Waals surface area contributed by atoms with E-state index in [1.807, 2.05) is 42.5 Å². The van der Waals surface area contributed by atoms with Crippen LogP contribution in [0.5, 0.6) is 0 Å². The maximum Gasteiger partial charge on any atom is 0.325 e. The number of furan rings is 1. The van der Waals surface area contributed by atoms with E-state index in [9.17, 15) is 4.79 Å². The first-order valence-electron chi connectivity index (χ1n) is 6.06. The van der Waals surface area contributed by atoms with E-state index in [-0.39, 0.29) is 0 Å². The number of fused-ring (bicyclic) bond motifs is 3. The van der Waals surface area contributed by atoms with Crippen LogP contribution in [0.2, 0.25) is 0 Å². The molecule has 4 heteroatoms. The van der Waals surface area contributed by atoms with Gasteiger partial charge in [-0.1, -0.05) is 18.2 Å². The molecule has 96 valence electrons. The van der Waals surface area contributed by atoms with Gasteiger partial charge >= 0.3 is 5.97 Å². The van der Waals surface area contributed by atoms with Crippen molar-refractivity contribution < 1.29 is 14.3 Å². The number of carboxylic acids is 1. The molecule has 3 rings (SSSR count). The fraction of sp³-hybridized carbons (Fsp3) is 0.133. The summed E-state index contributed by atoms with van der Waals surface area (Å²) in [5, 5.41) is 13.9. The second-order valence-electron chi connectivity index (χ2n) is 4.51. The van der Waals surface area contributed by atoms with Crippen molar-refractivity contribution >= 4 is 33.6 Å². The van der Waals surface area contributed by atoms with E-state index in [1.165, 1.54) is 0 Å². The van der Waals surface area contributed by atoms with Crippen LogP contribution in [-0.4, -0.2) is 17.1 Å². The van der Waals surface area contributed by atoms with E-state index < -0.39 is 12.0 Å². The van der Waals surface area contributed by atoms with Gasteiger partial charge in [-0.3, -0.25) is 4.79 Å². The Bertz CT molecular complexity index is 760. The summed E-state index contributed by atoms with van der Waals surface area (Å²) in [6.07, 6.45) is 0. The Kier molecular flexibility index (Phi) is 2.63. The molecule has 0 aliphatic heterocycles. The molecule has 1 unspecified atom stereocenters. The molecule has 0 saturated carbocycles. The summed E-state index contributed by atoms with van der Waals surface area (Å²) in [5.41, 5.74) is 2.41. The molecule has 1 aromatic heterocycles. The van der Waals surface area contributed by atoms with Gasteiger partial charge in [-0.05, 0) is 31.2 Å². The molecule has 4 nitrogen and oxygen atoms in total. The van der Waals surface area contributed by atoms with E-state index in [1.54, 1.807) is 6.92 Å². The van der Waals surface area contributed by atoms with Crippen molar-refractivity contribution in [1.29, 1.82) is 0 Å². The number of carboxylic acid groups (broad SMARTS) is 1. The Labute approximate surface area is 109 Å². The van der Waals surface area contributed by atoms with Crippen LogP contribution in [0, 0.1) is 0 Å². The smallest absolute Gasteiger partial charge is 0.325 e. The molecule has 0 radical (unpaired) electrons. The molecule has 0 spiro atoms. The Morgan fingerprint density at radius 1 is 1.16 bits per heavy atom. The first kappa shape index (κ1) is 11.6. The van der Waals surface area contributed by atoms with E-state index in [4.69, 9.17) is 9.52 Å². The van der Waals surface area contributed by atoms with Crippen molar-refractivity contribution in [3.8, 4) is 0 Å². The molecule has 0 amide bonds. The zero-order valence-electron chi connectivity index (χ0n) is 10.4. The molecule has 0 fully saturated rings. The normalized spacial score (nSPS) is 12.7. The summed E-state index contributed by atoms with van der Waals surface area (Å²) >= 11 is 0. The maximum absolute atomic E-state index is 10.8. The summed E-state index contributed by atoms with van der Waals surface area (Å²) in [6, 6.07) is 12.8. The predicted octanol–water partition coefficient (Wildman–Crippen LogP) is 3.47. The van der Waals surface area contributed by atoms with Crippen LogP contribution in [0.15, 0.2) is 46.9 Å².